The summed E-state index contributed by atoms with van der Waals surface area (Å²) in [5, 5.41) is 7.24. The van der Waals surface area contributed by atoms with Gasteiger partial charge >= 0.3 is 0 Å². The van der Waals surface area contributed by atoms with Crippen LogP contribution in [0.1, 0.15) is 94.3 Å². The van der Waals surface area contributed by atoms with Gasteiger partial charge in [-0.25, -0.2) is 5.43 Å². The van der Waals surface area contributed by atoms with Gasteiger partial charge in [0.15, 0.2) is 0 Å². The van der Waals surface area contributed by atoms with Crippen molar-refractivity contribution in [2.75, 3.05) is 5.73 Å². The van der Waals surface area contributed by atoms with Crippen molar-refractivity contribution in [3.05, 3.63) is 29.8 Å². The Balaban J connectivity index is 1.79. The third-order valence-corrected chi connectivity index (χ3v) is 5.44. The molecule has 4 N–H and O–H groups in total. The molecule has 160 valence electrons. The van der Waals surface area contributed by atoms with Gasteiger partial charge in [0.1, 0.15) is 0 Å². The minimum Gasteiger partial charge on any atom is -0.398 e. The summed E-state index contributed by atoms with van der Waals surface area (Å²) in [6.45, 7) is 1.75. The van der Waals surface area contributed by atoms with Gasteiger partial charge in [-0.05, 0) is 31.9 Å². The van der Waals surface area contributed by atoms with Gasteiger partial charge in [0, 0.05) is 17.4 Å². The number of nitrogens with zero attached hydrogens (tertiary/aromatic N) is 1. The molecule has 1 fully saturated rings. The number of nitrogen functional groups attached to an aromatic ring is 1. The van der Waals surface area contributed by atoms with Gasteiger partial charge in [-0.15, -0.1) is 0 Å². The number of carbonyl (C=O) groups excluding carboxylic acids is 2. The quantitative estimate of drug-likeness (QED) is 0.384. The Morgan fingerprint density at radius 3 is 2.10 bits per heavy atom. The van der Waals surface area contributed by atoms with E-state index in [2.05, 4.69) is 15.8 Å². The standard InChI is InChI=1S/C23H36N4O2/c1-18(26-27-23(29)20-15-11-12-16-21(20)24)17-22(28)25-19-13-9-7-5-3-2-4-6-8-10-14-19/h11-12,15-16,19H,2-10,13-14,17,24H2,1H3,(H,25,28)(H,27,29)/b26-18+. The maximum Gasteiger partial charge on any atom is 0.273 e. The topological polar surface area (TPSA) is 96.6 Å². The fourth-order valence-electron chi connectivity index (χ4n) is 3.77. The zero-order chi connectivity index (χ0) is 20.9. The number of para-hydroxylation sites is 1. The number of hydrogen-bond donors (Lipinski definition) is 3. The van der Waals surface area contributed by atoms with Crippen molar-refractivity contribution in [1.82, 2.24) is 10.7 Å². The molecule has 2 rings (SSSR count). The predicted molar refractivity (Wildman–Crippen MR) is 119 cm³/mol. The second kappa shape index (κ2) is 13.0. The zero-order valence-corrected chi connectivity index (χ0v) is 17.7. The maximum atomic E-state index is 12.4. The van der Waals surface area contributed by atoms with Crippen LogP contribution in [0.3, 0.4) is 0 Å². The summed E-state index contributed by atoms with van der Waals surface area (Å²) in [7, 11) is 0. The highest BCUT2D eigenvalue weighted by Gasteiger charge is 2.14. The first-order chi connectivity index (χ1) is 14.1. The summed E-state index contributed by atoms with van der Waals surface area (Å²) in [5.41, 5.74) is 9.63. The first-order valence-electron chi connectivity index (χ1n) is 11.0. The lowest BCUT2D eigenvalue weighted by atomic mass is 9.98. The Morgan fingerprint density at radius 2 is 1.52 bits per heavy atom. The molecule has 6 heteroatoms. The summed E-state index contributed by atoms with van der Waals surface area (Å²) in [5.74, 6) is -0.404. The monoisotopic (exact) mass is 400 g/mol. The van der Waals surface area contributed by atoms with E-state index >= 15 is 0 Å². The largest absolute Gasteiger partial charge is 0.398 e. The van der Waals surface area contributed by atoms with E-state index in [0.717, 1.165) is 12.8 Å². The van der Waals surface area contributed by atoms with Gasteiger partial charge in [0.2, 0.25) is 5.91 Å². The van der Waals surface area contributed by atoms with Gasteiger partial charge in [-0.2, -0.15) is 5.10 Å². The van der Waals surface area contributed by atoms with Crippen LogP contribution in [0.4, 0.5) is 5.69 Å². The van der Waals surface area contributed by atoms with Crippen LogP contribution in [0.5, 0.6) is 0 Å². The molecule has 1 aromatic rings. The molecule has 1 saturated carbocycles. The number of benzene rings is 1. The SMILES string of the molecule is C/C(CC(=O)NC1CCCCCCCCCCC1)=N\NC(=O)c1ccccc1N. The molecule has 0 aromatic heterocycles. The Bertz CT molecular complexity index is 675. The Labute approximate surface area is 174 Å². The summed E-state index contributed by atoms with van der Waals surface area (Å²) < 4.78 is 0. The molecule has 1 aliphatic rings. The highest BCUT2D eigenvalue weighted by atomic mass is 16.2. The van der Waals surface area contributed by atoms with Crippen LogP contribution in [0.15, 0.2) is 29.4 Å². The number of rotatable bonds is 5. The number of carbonyl (C=O) groups is 2. The van der Waals surface area contributed by atoms with Gasteiger partial charge in [-0.3, -0.25) is 9.59 Å². The molecule has 0 heterocycles. The summed E-state index contributed by atoms with van der Waals surface area (Å²) in [4.78, 5) is 24.6. The number of hydrazone groups is 1. The normalized spacial score (nSPS) is 17.6. The molecule has 29 heavy (non-hydrogen) atoms. The van der Waals surface area contributed by atoms with Crippen molar-refractivity contribution in [3.8, 4) is 0 Å². The molecule has 0 spiro atoms. The van der Waals surface area contributed by atoms with E-state index in [1.807, 2.05) is 0 Å². The zero-order valence-electron chi connectivity index (χ0n) is 17.7. The first-order valence-corrected chi connectivity index (χ1v) is 11.0. The Morgan fingerprint density at radius 1 is 0.966 bits per heavy atom. The molecule has 0 aliphatic heterocycles. The van der Waals surface area contributed by atoms with Crippen LogP contribution in [0.2, 0.25) is 0 Å². The van der Waals surface area contributed by atoms with E-state index < -0.39 is 0 Å². The molecule has 2 amide bonds. The molecular formula is C23H36N4O2. The fraction of sp³-hybridized carbons (Fsp3) is 0.609. The Hall–Kier alpha value is -2.37. The average Bonchev–Trinajstić information content (AvgIpc) is 2.68. The maximum absolute atomic E-state index is 12.4. The van der Waals surface area contributed by atoms with Crippen LogP contribution in [0, 0.1) is 0 Å². The molecule has 6 nitrogen and oxygen atoms in total. The molecule has 0 bridgehead atoms. The number of hydrogen-bond acceptors (Lipinski definition) is 4. The molecular weight excluding hydrogens is 364 g/mol. The van der Waals surface area contributed by atoms with Gasteiger partial charge in [0.05, 0.1) is 12.0 Å². The van der Waals surface area contributed by atoms with E-state index in [1.54, 1.807) is 31.2 Å². The lowest BCUT2D eigenvalue weighted by Crippen LogP contribution is -2.36. The lowest BCUT2D eigenvalue weighted by Gasteiger charge is -2.19. The number of anilines is 1. The highest BCUT2D eigenvalue weighted by Crippen LogP contribution is 2.17. The van der Waals surface area contributed by atoms with Gasteiger partial charge < -0.3 is 11.1 Å². The minimum absolute atomic E-state index is 0.0307. The number of nitrogens with one attached hydrogen (secondary N) is 2. The summed E-state index contributed by atoms with van der Waals surface area (Å²) in [6, 6.07) is 7.08. The second-order valence-electron chi connectivity index (χ2n) is 8.08. The van der Waals surface area contributed by atoms with Crippen LogP contribution in [-0.2, 0) is 4.79 Å². The minimum atomic E-state index is -0.373. The van der Waals surface area contributed by atoms with Crippen molar-refractivity contribution in [2.24, 2.45) is 5.10 Å². The lowest BCUT2D eigenvalue weighted by molar-refractivity contribution is -0.120. The third kappa shape index (κ3) is 9.11. The Kier molecular flexibility index (Phi) is 10.2. The van der Waals surface area contributed by atoms with E-state index in [4.69, 9.17) is 5.73 Å². The van der Waals surface area contributed by atoms with Crippen molar-refractivity contribution in [3.63, 3.8) is 0 Å². The summed E-state index contributed by atoms with van der Waals surface area (Å²) in [6.07, 6.45) is 13.8. The summed E-state index contributed by atoms with van der Waals surface area (Å²) >= 11 is 0. The number of nitrogens with two attached hydrogens (primary N) is 1. The van der Waals surface area contributed by atoms with Crippen molar-refractivity contribution < 1.29 is 9.59 Å². The highest BCUT2D eigenvalue weighted by molar-refractivity contribution is 6.02. The van der Waals surface area contributed by atoms with E-state index in [0.29, 0.717) is 17.0 Å². The average molecular weight is 401 g/mol. The second-order valence-corrected chi connectivity index (χ2v) is 8.08. The molecule has 0 radical (unpaired) electrons. The molecule has 0 saturated heterocycles. The van der Waals surface area contributed by atoms with Crippen LogP contribution in [-0.4, -0.2) is 23.6 Å². The smallest absolute Gasteiger partial charge is 0.273 e. The first kappa shape index (κ1) is 22.9. The van der Waals surface area contributed by atoms with Crippen LogP contribution < -0.4 is 16.5 Å². The van der Waals surface area contributed by atoms with E-state index in [1.165, 1.54) is 57.8 Å². The fourth-order valence-corrected chi connectivity index (χ4v) is 3.77. The molecule has 0 unspecified atom stereocenters. The third-order valence-electron chi connectivity index (χ3n) is 5.44. The number of amides is 2. The van der Waals surface area contributed by atoms with Crippen molar-refractivity contribution in [1.29, 1.82) is 0 Å². The van der Waals surface area contributed by atoms with Gasteiger partial charge in [-0.1, -0.05) is 69.9 Å². The molecule has 0 atom stereocenters. The van der Waals surface area contributed by atoms with Crippen molar-refractivity contribution in [2.45, 2.75) is 90.0 Å². The van der Waals surface area contributed by atoms with E-state index in [-0.39, 0.29) is 24.3 Å². The van der Waals surface area contributed by atoms with E-state index in [9.17, 15) is 9.59 Å². The predicted octanol–water partition coefficient (Wildman–Crippen LogP) is 4.55. The van der Waals surface area contributed by atoms with Gasteiger partial charge in [0.25, 0.3) is 5.91 Å². The molecule has 1 aliphatic carbocycles. The van der Waals surface area contributed by atoms with Crippen molar-refractivity contribution >= 4 is 23.2 Å². The van der Waals surface area contributed by atoms with Crippen LogP contribution >= 0.6 is 0 Å². The van der Waals surface area contributed by atoms with Crippen LogP contribution in [0.25, 0.3) is 0 Å². The molecule has 1 aromatic carbocycles.